The van der Waals surface area contributed by atoms with Gasteiger partial charge in [0.15, 0.2) is 0 Å². The third-order valence-corrected chi connectivity index (χ3v) is 3.22. The molecule has 0 radical (unpaired) electrons. The van der Waals surface area contributed by atoms with E-state index in [1.807, 2.05) is 10.9 Å². The molecule has 0 saturated heterocycles. The number of nitrogens with one attached hydrogen (secondary N) is 1. The number of hydrogen-bond donors (Lipinski definition) is 2. The van der Waals surface area contributed by atoms with Crippen LogP contribution in [-0.2, 0) is 6.54 Å². The summed E-state index contributed by atoms with van der Waals surface area (Å²) in [5, 5.41) is 4.34. The molecule has 1 aromatic heterocycles. The van der Waals surface area contributed by atoms with Crippen LogP contribution in [0.1, 0.15) is 45.7 Å². The fourth-order valence-electron chi connectivity index (χ4n) is 1.83. The van der Waals surface area contributed by atoms with Crippen molar-refractivity contribution in [3.63, 3.8) is 0 Å². The van der Waals surface area contributed by atoms with Crippen molar-refractivity contribution >= 4 is 0 Å². The molecular weight excluding hydrogens is 200 g/mol. The van der Waals surface area contributed by atoms with Gasteiger partial charge in [0.1, 0.15) is 0 Å². The van der Waals surface area contributed by atoms with Crippen LogP contribution in [0, 0.1) is 11.8 Å². The SMILES string of the molecule is CCCn1cc(C(NN)C(C)C(C)C)cn1. The smallest absolute Gasteiger partial charge is 0.0538 e. The molecule has 2 atom stereocenters. The topological polar surface area (TPSA) is 55.9 Å². The molecule has 2 unspecified atom stereocenters. The number of nitrogens with two attached hydrogens (primary N) is 1. The number of nitrogens with zero attached hydrogens (tertiary/aromatic N) is 2. The van der Waals surface area contributed by atoms with Crippen molar-refractivity contribution in [2.75, 3.05) is 0 Å². The fourth-order valence-corrected chi connectivity index (χ4v) is 1.83. The first-order valence-corrected chi connectivity index (χ1v) is 6.08. The molecule has 0 fully saturated rings. The molecule has 0 aliphatic carbocycles. The average Bonchev–Trinajstić information content (AvgIpc) is 2.68. The summed E-state index contributed by atoms with van der Waals surface area (Å²) in [5.41, 5.74) is 4.08. The highest BCUT2D eigenvalue weighted by atomic mass is 15.3. The quantitative estimate of drug-likeness (QED) is 0.574. The van der Waals surface area contributed by atoms with Gasteiger partial charge in [0, 0.05) is 18.3 Å². The molecule has 4 nitrogen and oxygen atoms in total. The fraction of sp³-hybridized carbons (Fsp3) is 0.750. The lowest BCUT2D eigenvalue weighted by molar-refractivity contribution is 0.306. The minimum atomic E-state index is 0.186. The summed E-state index contributed by atoms with van der Waals surface area (Å²) in [7, 11) is 0. The Kier molecular flexibility index (Phi) is 4.96. The maximum Gasteiger partial charge on any atom is 0.0538 e. The highest BCUT2D eigenvalue weighted by Crippen LogP contribution is 2.26. The van der Waals surface area contributed by atoms with Crippen molar-refractivity contribution in [2.24, 2.45) is 17.7 Å². The monoisotopic (exact) mass is 224 g/mol. The summed E-state index contributed by atoms with van der Waals surface area (Å²) < 4.78 is 1.98. The van der Waals surface area contributed by atoms with Crippen LogP contribution >= 0.6 is 0 Å². The van der Waals surface area contributed by atoms with Crippen molar-refractivity contribution in [1.82, 2.24) is 15.2 Å². The first-order chi connectivity index (χ1) is 7.60. The Bertz CT molecular complexity index is 306. The number of rotatable bonds is 6. The van der Waals surface area contributed by atoms with Gasteiger partial charge < -0.3 is 0 Å². The van der Waals surface area contributed by atoms with Crippen molar-refractivity contribution in [2.45, 2.75) is 46.7 Å². The number of hydrogen-bond acceptors (Lipinski definition) is 3. The third-order valence-electron chi connectivity index (χ3n) is 3.22. The van der Waals surface area contributed by atoms with E-state index in [2.05, 4.69) is 44.4 Å². The third kappa shape index (κ3) is 3.06. The van der Waals surface area contributed by atoms with Gasteiger partial charge in [-0.3, -0.25) is 16.0 Å². The molecule has 0 saturated carbocycles. The van der Waals surface area contributed by atoms with Gasteiger partial charge in [0.05, 0.1) is 12.2 Å². The minimum absolute atomic E-state index is 0.186. The van der Waals surface area contributed by atoms with E-state index < -0.39 is 0 Å². The molecule has 3 N–H and O–H groups in total. The summed E-state index contributed by atoms with van der Waals surface area (Å²) in [6.45, 7) is 9.76. The molecule has 0 aliphatic heterocycles. The maximum absolute atomic E-state index is 5.64. The van der Waals surface area contributed by atoms with E-state index >= 15 is 0 Å². The van der Waals surface area contributed by atoms with Gasteiger partial charge in [-0.05, 0) is 18.3 Å². The Hall–Kier alpha value is -0.870. The summed E-state index contributed by atoms with van der Waals surface area (Å²) in [6, 6.07) is 0.186. The van der Waals surface area contributed by atoms with E-state index in [9.17, 15) is 0 Å². The summed E-state index contributed by atoms with van der Waals surface area (Å²) in [4.78, 5) is 0. The number of hydrazine groups is 1. The Morgan fingerprint density at radius 1 is 1.44 bits per heavy atom. The van der Waals surface area contributed by atoms with E-state index in [0.717, 1.165) is 13.0 Å². The van der Waals surface area contributed by atoms with Crippen LogP contribution in [0.15, 0.2) is 12.4 Å². The van der Waals surface area contributed by atoms with Gasteiger partial charge in [-0.15, -0.1) is 0 Å². The van der Waals surface area contributed by atoms with E-state index in [-0.39, 0.29) is 6.04 Å². The standard InChI is InChI=1S/C12H24N4/c1-5-6-16-8-11(7-14-16)12(15-13)10(4)9(2)3/h7-10,12,15H,5-6,13H2,1-4H3. The van der Waals surface area contributed by atoms with Crippen LogP contribution in [0.2, 0.25) is 0 Å². The van der Waals surface area contributed by atoms with Gasteiger partial charge in [0.2, 0.25) is 0 Å². The lowest BCUT2D eigenvalue weighted by Crippen LogP contribution is -2.34. The molecule has 0 aromatic carbocycles. The van der Waals surface area contributed by atoms with Crippen LogP contribution in [0.4, 0.5) is 0 Å². The van der Waals surface area contributed by atoms with E-state index in [0.29, 0.717) is 11.8 Å². The average molecular weight is 224 g/mol. The molecule has 0 amide bonds. The Labute approximate surface area is 98.2 Å². The van der Waals surface area contributed by atoms with Gasteiger partial charge in [-0.2, -0.15) is 5.10 Å². The van der Waals surface area contributed by atoms with Gasteiger partial charge in [-0.1, -0.05) is 27.7 Å². The van der Waals surface area contributed by atoms with Crippen LogP contribution in [0.5, 0.6) is 0 Å². The summed E-state index contributed by atoms with van der Waals surface area (Å²) in [6.07, 6.45) is 5.10. The summed E-state index contributed by atoms with van der Waals surface area (Å²) in [5.74, 6) is 6.72. The lowest BCUT2D eigenvalue weighted by Gasteiger charge is -2.25. The van der Waals surface area contributed by atoms with Crippen LogP contribution in [-0.4, -0.2) is 9.78 Å². The zero-order valence-corrected chi connectivity index (χ0v) is 10.8. The molecular formula is C12H24N4. The van der Waals surface area contributed by atoms with Crippen molar-refractivity contribution in [3.05, 3.63) is 18.0 Å². The van der Waals surface area contributed by atoms with E-state index in [1.54, 1.807) is 0 Å². The Morgan fingerprint density at radius 3 is 2.62 bits per heavy atom. The van der Waals surface area contributed by atoms with Crippen molar-refractivity contribution < 1.29 is 0 Å². The molecule has 1 aromatic rings. The second-order valence-electron chi connectivity index (χ2n) is 4.78. The van der Waals surface area contributed by atoms with E-state index in [4.69, 9.17) is 5.84 Å². The minimum Gasteiger partial charge on any atom is -0.272 e. The van der Waals surface area contributed by atoms with Gasteiger partial charge in [0.25, 0.3) is 0 Å². The molecule has 1 rings (SSSR count). The van der Waals surface area contributed by atoms with Gasteiger partial charge in [-0.25, -0.2) is 0 Å². The van der Waals surface area contributed by atoms with Crippen LogP contribution in [0.25, 0.3) is 0 Å². The number of aromatic nitrogens is 2. The molecule has 0 bridgehead atoms. The number of aryl methyl sites for hydroxylation is 1. The zero-order chi connectivity index (χ0) is 12.1. The Morgan fingerprint density at radius 2 is 2.12 bits per heavy atom. The second-order valence-corrected chi connectivity index (χ2v) is 4.78. The molecule has 16 heavy (non-hydrogen) atoms. The zero-order valence-electron chi connectivity index (χ0n) is 10.8. The molecule has 92 valence electrons. The van der Waals surface area contributed by atoms with E-state index in [1.165, 1.54) is 5.56 Å². The predicted molar refractivity (Wildman–Crippen MR) is 66.6 cm³/mol. The van der Waals surface area contributed by atoms with Crippen molar-refractivity contribution in [1.29, 1.82) is 0 Å². The van der Waals surface area contributed by atoms with Gasteiger partial charge >= 0.3 is 0 Å². The second kappa shape index (κ2) is 6.01. The van der Waals surface area contributed by atoms with Crippen molar-refractivity contribution in [3.8, 4) is 0 Å². The highest BCUT2D eigenvalue weighted by molar-refractivity contribution is 5.11. The normalized spacial score (nSPS) is 15.4. The first kappa shape index (κ1) is 13.2. The Balaban J connectivity index is 2.78. The lowest BCUT2D eigenvalue weighted by atomic mass is 9.88. The van der Waals surface area contributed by atoms with Crippen LogP contribution in [0.3, 0.4) is 0 Å². The molecule has 4 heteroatoms. The molecule has 0 spiro atoms. The maximum atomic E-state index is 5.64. The molecule has 0 aliphatic rings. The predicted octanol–water partition coefficient (Wildman–Crippen LogP) is 2.09. The first-order valence-electron chi connectivity index (χ1n) is 6.08. The summed E-state index contributed by atoms with van der Waals surface area (Å²) >= 11 is 0. The van der Waals surface area contributed by atoms with Crippen LogP contribution < -0.4 is 11.3 Å². The molecule has 1 heterocycles. The largest absolute Gasteiger partial charge is 0.272 e. The highest BCUT2D eigenvalue weighted by Gasteiger charge is 2.21.